The third-order valence-electron chi connectivity index (χ3n) is 6.78. The second-order valence-electron chi connectivity index (χ2n) is 9.44. The summed E-state index contributed by atoms with van der Waals surface area (Å²) in [5.41, 5.74) is 1.30. The van der Waals surface area contributed by atoms with Gasteiger partial charge in [-0.15, -0.1) is 0 Å². The van der Waals surface area contributed by atoms with Gasteiger partial charge in [-0.2, -0.15) is 0 Å². The molecule has 0 saturated heterocycles. The van der Waals surface area contributed by atoms with Crippen molar-refractivity contribution >= 4 is 38.3 Å². The van der Waals surface area contributed by atoms with Crippen LogP contribution in [0.25, 0.3) is 10.8 Å². The monoisotopic (exact) mass is 507 g/mol. The van der Waals surface area contributed by atoms with E-state index in [1.165, 1.54) is 4.90 Å². The highest BCUT2D eigenvalue weighted by Crippen LogP contribution is 2.28. The van der Waals surface area contributed by atoms with Crippen LogP contribution in [0, 0.1) is 0 Å². The molecule has 7 nitrogen and oxygen atoms in total. The molecule has 1 atom stereocenters. The molecule has 1 fully saturated rings. The molecule has 1 N–H and O–H groups in total. The average Bonchev–Trinajstić information content (AvgIpc) is 3.38. The summed E-state index contributed by atoms with van der Waals surface area (Å²) in [6, 6.07) is 21.6. The van der Waals surface area contributed by atoms with Crippen molar-refractivity contribution in [3.8, 4) is 0 Å². The first kappa shape index (κ1) is 25.7. The van der Waals surface area contributed by atoms with Gasteiger partial charge < -0.3 is 10.2 Å². The largest absolute Gasteiger partial charge is 0.352 e. The first-order valence-corrected chi connectivity index (χ1v) is 14.2. The maximum Gasteiger partial charge on any atom is 0.244 e. The maximum absolute atomic E-state index is 13.7. The summed E-state index contributed by atoms with van der Waals surface area (Å²) >= 11 is 0. The Kier molecular flexibility index (Phi) is 7.94. The number of sulfonamides is 1. The first-order valence-electron chi connectivity index (χ1n) is 12.3. The smallest absolute Gasteiger partial charge is 0.244 e. The van der Waals surface area contributed by atoms with E-state index in [4.69, 9.17) is 0 Å². The van der Waals surface area contributed by atoms with E-state index in [2.05, 4.69) is 5.32 Å². The second-order valence-corrected chi connectivity index (χ2v) is 11.3. The number of nitrogens with one attached hydrogen (secondary N) is 1. The summed E-state index contributed by atoms with van der Waals surface area (Å²) in [7, 11) is -3.79. The Hall–Kier alpha value is -3.39. The molecule has 0 heterocycles. The number of carbonyl (C=O) groups is 2. The van der Waals surface area contributed by atoms with Gasteiger partial charge in [-0.25, -0.2) is 8.42 Å². The molecule has 0 aliphatic heterocycles. The van der Waals surface area contributed by atoms with Crippen LogP contribution < -0.4 is 9.62 Å². The number of rotatable bonds is 9. The van der Waals surface area contributed by atoms with Gasteiger partial charge in [-0.05, 0) is 36.8 Å². The minimum Gasteiger partial charge on any atom is -0.352 e. The number of fused-ring (bicyclic) bond motifs is 1. The molecule has 8 heteroatoms. The van der Waals surface area contributed by atoms with E-state index in [0.717, 1.165) is 52.6 Å². The lowest BCUT2D eigenvalue weighted by molar-refractivity contribution is -0.139. The predicted octanol–water partition coefficient (Wildman–Crippen LogP) is 4.08. The lowest BCUT2D eigenvalue weighted by Crippen LogP contribution is -2.52. The summed E-state index contributed by atoms with van der Waals surface area (Å²) in [6.07, 6.45) is 5.14. The van der Waals surface area contributed by atoms with Gasteiger partial charge in [0.2, 0.25) is 21.8 Å². The summed E-state index contributed by atoms with van der Waals surface area (Å²) in [5.74, 6) is -0.659. The van der Waals surface area contributed by atoms with Crippen LogP contribution in [0.3, 0.4) is 0 Å². The van der Waals surface area contributed by atoms with Crippen molar-refractivity contribution in [2.75, 3.05) is 17.1 Å². The SMILES string of the molecule is CC(C(=O)NC1CCCC1)N(Cc1ccccc1)C(=O)CN(c1cccc2ccccc12)S(C)(=O)=O. The number of hydrogen-bond donors (Lipinski definition) is 1. The van der Waals surface area contributed by atoms with Gasteiger partial charge >= 0.3 is 0 Å². The molecule has 1 aliphatic carbocycles. The van der Waals surface area contributed by atoms with Crippen LogP contribution in [-0.2, 0) is 26.2 Å². The molecule has 3 aromatic rings. The third-order valence-corrected chi connectivity index (χ3v) is 7.91. The van der Waals surface area contributed by atoms with Crippen molar-refractivity contribution in [1.29, 1.82) is 0 Å². The fourth-order valence-electron chi connectivity index (χ4n) is 4.78. The van der Waals surface area contributed by atoms with E-state index in [0.29, 0.717) is 5.69 Å². The van der Waals surface area contributed by atoms with E-state index >= 15 is 0 Å². The van der Waals surface area contributed by atoms with Crippen molar-refractivity contribution in [3.63, 3.8) is 0 Å². The Morgan fingerprint density at radius 2 is 1.58 bits per heavy atom. The van der Waals surface area contributed by atoms with E-state index in [1.54, 1.807) is 19.1 Å². The van der Waals surface area contributed by atoms with Crippen LogP contribution in [0.15, 0.2) is 72.8 Å². The average molecular weight is 508 g/mol. The molecule has 4 rings (SSSR count). The molecule has 1 aliphatic rings. The van der Waals surface area contributed by atoms with E-state index in [-0.39, 0.29) is 18.5 Å². The Bertz CT molecular complexity index is 1320. The van der Waals surface area contributed by atoms with Gasteiger partial charge in [0, 0.05) is 18.0 Å². The van der Waals surface area contributed by atoms with Crippen molar-refractivity contribution < 1.29 is 18.0 Å². The lowest BCUT2D eigenvalue weighted by atomic mass is 10.1. The van der Waals surface area contributed by atoms with Crippen LogP contribution in [0.5, 0.6) is 0 Å². The normalized spacial score (nSPS) is 14.9. The predicted molar refractivity (Wildman–Crippen MR) is 143 cm³/mol. The minimum atomic E-state index is -3.79. The fraction of sp³-hybridized carbons (Fsp3) is 0.357. The molecule has 2 amide bonds. The summed E-state index contributed by atoms with van der Waals surface area (Å²) in [5, 5.41) is 4.69. The number of nitrogens with zero attached hydrogens (tertiary/aromatic N) is 2. The van der Waals surface area contributed by atoms with Crippen LogP contribution in [-0.4, -0.2) is 50.0 Å². The van der Waals surface area contributed by atoms with Gasteiger partial charge in [0.25, 0.3) is 0 Å². The molecule has 1 saturated carbocycles. The number of anilines is 1. The van der Waals surface area contributed by atoms with Gasteiger partial charge in [-0.3, -0.25) is 13.9 Å². The van der Waals surface area contributed by atoms with Crippen molar-refractivity contribution in [3.05, 3.63) is 78.4 Å². The molecule has 0 spiro atoms. The lowest BCUT2D eigenvalue weighted by Gasteiger charge is -2.32. The van der Waals surface area contributed by atoms with Crippen molar-refractivity contribution in [2.24, 2.45) is 0 Å². The van der Waals surface area contributed by atoms with Gasteiger partial charge in [0.05, 0.1) is 11.9 Å². The Morgan fingerprint density at radius 1 is 0.944 bits per heavy atom. The number of amides is 2. The molecule has 36 heavy (non-hydrogen) atoms. The van der Waals surface area contributed by atoms with Crippen LogP contribution >= 0.6 is 0 Å². The standard InChI is InChI=1S/C28H33N3O4S/c1-21(28(33)29-24-15-7-8-16-24)30(19-22-11-4-3-5-12-22)27(32)20-31(36(2,34)35)26-18-10-14-23-13-6-9-17-25(23)26/h3-6,9-14,17-18,21,24H,7-8,15-16,19-20H2,1-2H3,(H,29,33). The quantitative estimate of drug-likeness (QED) is 0.473. The summed E-state index contributed by atoms with van der Waals surface area (Å²) < 4.78 is 26.9. The minimum absolute atomic E-state index is 0.122. The summed E-state index contributed by atoms with van der Waals surface area (Å²) in [4.78, 5) is 28.3. The second kappa shape index (κ2) is 11.1. The van der Waals surface area contributed by atoms with Crippen molar-refractivity contribution in [2.45, 2.75) is 51.2 Å². The molecule has 3 aromatic carbocycles. The Morgan fingerprint density at radius 3 is 2.28 bits per heavy atom. The molecule has 190 valence electrons. The molecule has 0 bridgehead atoms. The fourth-order valence-corrected chi connectivity index (χ4v) is 5.64. The van der Waals surface area contributed by atoms with E-state index in [1.807, 2.05) is 60.7 Å². The van der Waals surface area contributed by atoms with Crippen LogP contribution in [0.2, 0.25) is 0 Å². The zero-order chi connectivity index (χ0) is 25.7. The van der Waals surface area contributed by atoms with Crippen LogP contribution in [0.1, 0.15) is 38.2 Å². The Labute approximate surface area is 213 Å². The number of hydrogen-bond acceptors (Lipinski definition) is 4. The van der Waals surface area contributed by atoms with Gasteiger partial charge in [0.15, 0.2) is 0 Å². The maximum atomic E-state index is 13.7. The molecule has 0 aromatic heterocycles. The molecule has 1 unspecified atom stereocenters. The topological polar surface area (TPSA) is 86.8 Å². The van der Waals surface area contributed by atoms with E-state index in [9.17, 15) is 18.0 Å². The first-order chi connectivity index (χ1) is 17.2. The zero-order valence-corrected chi connectivity index (χ0v) is 21.6. The van der Waals surface area contributed by atoms with Crippen molar-refractivity contribution in [1.82, 2.24) is 10.2 Å². The summed E-state index contributed by atoms with van der Waals surface area (Å²) in [6.45, 7) is 1.50. The van der Waals surface area contributed by atoms with Gasteiger partial charge in [0.1, 0.15) is 12.6 Å². The molecule has 0 radical (unpaired) electrons. The highest BCUT2D eigenvalue weighted by molar-refractivity contribution is 7.92. The van der Waals surface area contributed by atoms with Crippen LogP contribution in [0.4, 0.5) is 5.69 Å². The molecular weight excluding hydrogens is 474 g/mol. The van der Waals surface area contributed by atoms with E-state index < -0.39 is 28.5 Å². The number of carbonyl (C=O) groups excluding carboxylic acids is 2. The highest BCUT2D eigenvalue weighted by Gasteiger charge is 2.31. The Balaban J connectivity index is 1.64. The highest BCUT2D eigenvalue weighted by atomic mass is 32.2. The molecular formula is C28H33N3O4S. The van der Waals surface area contributed by atoms with Gasteiger partial charge in [-0.1, -0.05) is 79.6 Å². The zero-order valence-electron chi connectivity index (χ0n) is 20.8. The third kappa shape index (κ3) is 6.05. The number of benzene rings is 3.